The summed E-state index contributed by atoms with van der Waals surface area (Å²) in [5.41, 5.74) is 2.12. The minimum absolute atomic E-state index is 0.0593. The van der Waals surface area contributed by atoms with Crippen molar-refractivity contribution in [2.45, 2.75) is 26.3 Å². The van der Waals surface area contributed by atoms with Crippen LogP contribution in [0.25, 0.3) is 0 Å². The maximum Gasteiger partial charge on any atom is 0.282 e. The van der Waals surface area contributed by atoms with Crippen molar-refractivity contribution < 1.29 is 19.4 Å². The molecule has 1 fully saturated rings. The van der Waals surface area contributed by atoms with E-state index in [4.69, 9.17) is 0 Å². The van der Waals surface area contributed by atoms with E-state index >= 15 is 0 Å². The van der Waals surface area contributed by atoms with Gasteiger partial charge in [-0.3, -0.25) is 9.59 Å². The number of amides is 2. The minimum atomic E-state index is -0.0857. The lowest BCUT2D eigenvalue weighted by molar-refractivity contribution is -1.01. The number of likely N-dealkylation sites (N-methyl/N-ethyl adjacent to an activating group) is 1. The molecule has 4 N–H and O–H groups in total. The molecule has 6 heteroatoms. The molecule has 6 nitrogen and oxygen atoms in total. The average Bonchev–Trinajstić information content (AvgIpc) is 2.62. The van der Waals surface area contributed by atoms with E-state index in [1.54, 1.807) is 7.05 Å². The fourth-order valence-corrected chi connectivity index (χ4v) is 3.11. The van der Waals surface area contributed by atoms with Crippen molar-refractivity contribution in [2.75, 3.05) is 45.1 Å². The number of rotatable bonds is 6. The van der Waals surface area contributed by atoms with E-state index in [9.17, 15) is 9.59 Å². The predicted octanol–water partition coefficient (Wildman–Crippen LogP) is -1.89. The van der Waals surface area contributed by atoms with Crippen molar-refractivity contribution in [3.8, 4) is 0 Å². The van der Waals surface area contributed by atoms with Crippen molar-refractivity contribution in [1.82, 2.24) is 5.32 Å². The zero-order valence-electron chi connectivity index (χ0n) is 14.9. The highest BCUT2D eigenvalue weighted by molar-refractivity contribution is 5.93. The molecule has 1 aliphatic rings. The van der Waals surface area contributed by atoms with Gasteiger partial charge in [0.15, 0.2) is 12.6 Å². The highest BCUT2D eigenvalue weighted by Gasteiger charge is 2.31. The fourth-order valence-electron chi connectivity index (χ4n) is 3.11. The van der Waals surface area contributed by atoms with Crippen molar-refractivity contribution in [3.63, 3.8) is 0 Å². The van der Waals surface area contributed by atoms with Gasteiger partial charge in [0.1, 0.15) is 26.2 Å². The van der Waals surface area contributed by atoms with Gasteiger partial charge in [-0.1, -0.05) is 19.1 Å². The molecular formula is C18H30N4O2+2. The molecule has 1 atom stereocenters. The van der Waals surface area contributed by atoms with Gasteiger partial charge in [0.05, 0.1) is 0 Å². The molecule has 0 saturated carbocycles. The Morgan fingerprint density at radius 1 is 1.12 bits per heavy atom. The maximum atomic E-state index is 12.5. The molecule has 1 aliphatic heterocycles. The van der Waals surface area contributed by atoms with E-state index in [0.717, 1.165) is 38.3 Å². The molecule has 2 rings (SSSR count). The highest BCUT2D eigenvalue weighted by atomic mass is 16.2. The maximum absolute atomic E-state index is 12.5. The minimum Gasteiger partial charge on any atom is -0.354 e. The van der Waals surface area contributed by atoms with Gasteiger partial charge in [-0.15, -0.1) is 0 Å². The van der Waals surface area contributed by atoms with Crippen LogP contribution in [0.15, 0.2) is 24.3 Å². The normalized spacial score (nSPS) is 21.8. The molecule has 0 unspecified atom stereocenters. The lowest BCUT2D eigenvalue weighted by Crippen LogP contribution is -3.30. The fraction of sp³-hybridized carbons (Fsp3) is 0.556. The number of piperazine rings is 1. The van der Waals surface area contributed by atoms with E-state index in [0.29, 0.717) is 6.54 Å². The lowest BCUT2D eigenvalue weighted by Gasteiger charge is -2.32. The Hall–Kier alpha value is -1.92. The molecule has 1 aromatic rings. The second-order valence-corrected chi connectivity index (χ2v) is 6.52. The van der Waals surface area contributed by atoms with Crippen LogP contribution in [-0.4, -0.2) is 57.6 Å². The molecule has 132 valence electrons. The molecule has 24 heavy (non-hydrogen) atoms. The Balaban J connectivity index is 1.82. The number of benzene rings is 1. The van der Waals surface area contributed by atoms with Crippen molar-refractivity contribution in [3.05, 3.63) is 29.8 Å². The summed E-state index contributed by atoms with van der Waals surface area (Å²) in [4.78, 5) is 26.5. The number of hydrogen-bond acceptors (Lipinski definition) is 2. The third-order valence-electron chi connectivity index (χ3n) is 4.92. The van der Waals surface area contributed by atoms with Gasteiger partial charge in [-0.05, 0) is 31.0 Å². The van der Waals surface area contributed by atoms with Gasteiger partial charge in [0.2, 0.25) is 0 Å². The Bertz CT molecular complexity index is 551. The molecule has 1 heterocycles. The number of anilines is 1. The topological polar surface area (TPSA) is 67.1 Å². The van der Waals surface area contributed by atoms with Gasteiger partial charge >= 0.3 is 0 Å². The Morgan fingerprint density at radius 3 is 2.29 bits per heavy atom. The van der Waals surface area contributed by atoms with Gasteiger partial charge in [-0.2, -0.15) is 0 Å². The SMILES string of the molecule is CCc1ccc(NC(=O)[C@@H](C)[NH+]2CC[NH+](CC(=O)NC)CC2)cc1. The van der Waals surface area contributed by atoms with Crippen LogP contribution in [0.1, 0.15) is 19.4 Å². The predicted molar refractivity (Wildman–Crippen MR) is 94.2 cm³/mol. The highest BCUT2D eigenvalue weighted by Crippen LogP contribution is 2.09. The molecule has 0 spiro atoms. The monoisotopic (exact) mass is 334 g/mol. The van der Waals surface area contributed by atoms with E-state index < -0.39 is 0 Å². The van der Waals surface area contributed by atoms with Crippen LogP contribution in [0.4, 0.5) is 5.69 Å². The van der Waals surface area contributed by atoms with E-state index in [2.05, 4.69) is 17.6 Å². The van der Waals surface area contributed by atoms with Crippen LogP contribution in [0.3, 0.4) is 0 Å². The first kappa shape index (κ1) is 18.4. The lowest BCUT2D eigenvalue weighted by atomic mass is 10.1. The number of hydrogen-bond donors (Lipinski definition) is 4. The van der Waals surface area contributed by atoms with E-state index in [1.165, 1.54) is 15.4 Å². The van der Waals surface area contributed by atoms with E-state index in [1.807, 2.05) is 31.2 Å². The first-order valence-corrected chi connectivity index (χ1v) is 8.82. The molecule has 0 aliphatic carbocycles. The summed E-state index contributed by atoms with van der Waals surface area (Å²) in [5.74, 6) is 0.138. The third-order valence-corrected chi connectivity index (χ3v) is 4.92. The van der Waals surface area contributed by atoms with Gasteiger partial charge in [0, 0.05) is 12.7 Å². The smallest absolute Gasteiger partial charge is 0.282 e. The zero-order chi connectivity index (χ0) is 17.5. The van der Waals surface area contributed by atoms with Crippen molar-refractivity contribution in [1.29, 1.82) is 0 Å². The van der Waals surface area contributed by atoms with E-state index in [-0.39, 0.29) is 17.9 Å². The molecule has 1 saturated heterocycles. The molecule has 1 aromatic carbocycles. The van der Waals surface area contributed by atoms with Crippen LogP contribution in [-0.2, 0) is 16.0 Å². The standard InChI is InChI=1S/C18H28N4O2/c1-4-15-5-7-16(8-6-15)20-18(24)14(2)22-11-9-21(10-12-22)13-17(23)19-3/h5-8,14H,4,9-13H2,1-3H3,(H,19,23)(H,20,24)/p+2/t14-/m1/s1. The summed E-state index contributed by atoms with van der Waals surface area (Å²) in [7, 11) is 1.67. The number of aryl methyl sites for hydroxylation is 1. The molecule has 2 amide bonds. The van der Waals surface area contributed by atoms with Gasteiger partial charge < -0.3 is 20.4 Å². The van der Waals surface area contributed by atoms with Crippen molar-refractivity contribution in [2.24, 2.45) is 0 Å². The van der Waals surface area contributed by atoms with Gasteiger partial charge in [0.25, 0.3) is 11.8 Å². The summed E-state index contributed by atoms with van der Waals surface area (Å²) in [6.45, 7) is 8.29. The van der Waals surface area contributed by atoms with Gasteiger partial charge in [-0.25, -0.2) is 0 Å². The number of carbonyl (C=O) groups is 2. The van der Waals surface area contributed by atoms with Crippen LogP contribution in [0, 0.1) is 0 Å². The number of carbonyl (C=O) groups excluding carboxylic acids is 2. The van der Waals surface area contributed by atoms with Crippen LogP contribution < -0.4 is 20.4 Å². The van der Waals surface area contributed by atoms with Crippen molar-refractivity contribution >= 4 is 17.5 Å². The quantitative estimate of drug-likeness (QED) is 0.491. The average molecular weight is 334 g/mol. The van der Waals surface area contributed by atoms with Crippen LogP contribution in [0.2, 0.25) is 0 Å². The number of quaternary nitrogens is 2. The Kier molecular flexibility index (Phi) is 6.75. The summed E-state index contributed by atoms with van der Waals surface area (Å²) in [6, 6.07) is 7.94. The number of nitrogens with one attached hydrogen (secondary N) is 4. The first-order valence-electron chi connectivity index (χ1n) is 8.82. The molecule has 0 radical (unpaired) electrons. The second kappa shape index (κ2) is 8.80. The van der Waals surface area contributed by atoms with Crippen LogP contribution in [0.5, 0.6) is 0 Å². The largest absolute Gasteiger partial charge is 0.354 e. The second-order valence-electron chi connectivity index (χ2n) is 6.52. The zero-order valence-corrected chi connectivity index (χ0v) is 14.9. The Morgan fingerprint density at radius 2 is 1.75 bits per heavy atom. The molecule has 0 bridgehead atoms. The summed E-state index contributed by atoms with van der Waals surface area (Å²) >= 11 is 0. The molecular weight excluding hydrogens is 304 g/mol. The first-order chi connectivity index (χ1) is 11.5. The summed E-state index contributed by atoms with van der Waals surface area (Å²) in [5, 5.41) is 5.68. The molecule has 0 aromatic heterocycles. The summed E-state index contributed by atoms with van der Waals surface area (Å²) < 4.78 is 0. The third kappa shape index (κ3) is 5.04. The summed E-state index contributed by atoms with van der Waals surface area (Å²) in [6.07, 6.45) is 0.997. The van der Waals surface area contributed by atoms with Crippen LogP contribution >= 0.6 is 0 Å². The Labute approximate surface area is 144 Å².